The summed E-state index contributed by atoms with van der Waals surface area (Å²) in [6.45, 7) is 5.96. The summed E-state index contributed by atoms with van der Waals surface area (Å²) in [4.78, 5) is 11.3. The summed E-state index contributed by atoms with van der Waals surface area (Å²) < 4.78 is 0. The van der Waals surface area contributed by atoms with Gasteiger partial charge in [0, 0.05) is 5.54 Å². The second-order valence-electron chi connectivity index (χ2n) is 3.92. The molecule has 1 amide bonds. The largest absolute Gasteiger partial charge is 0.349 e. The highest BCUT2D eigenvalue weighted by molar-refractivity contribution is 6.30. The summed E-state index contributed by atoms with van der Waals surface area (Å²) in [6.07, 6.45) is 2.19. The minimum absolute atomic E-state index is 0.0390. The minimum atomic E-state index is -0.416. The topological polar surface area (TPSA) is 29.1 Å². The molecule has 1 saturated carbocycles. The van der Waals surface area contributed by atoms with Crippen molar-refractivity contribution in [1.82, 2.24) is 5.32 Å². The summed E-state index contributed by atoms with van der Waals surface area (Å²) in [7, 11) is 0. The molecule has 0 aromatic rings. The highest BCUT2D eigenvalue weighted by Gasteiger charge is 2.46. The SMILES string of the molecule is CC(Cl)C(=O)NC1(C(C)C)CC1. The predicted molar refractivity (Wildman–Crippen MR) is 50.3 cm³/mol. The fraction of sp³-hybridized carbons (Fsp3) is 0.889. The molecule has 3 heteroatoms. The van der Waals surface area contributed by atoms with Gasteiger partial charge in [0.05, 0.1) is 0 Å². The summed E-state index contributed by atoms with van der Waals surface area (Å²) in [5, 5.41) is 2.58. The molecule has 1 N–H and O–H groups in total. The third-order valence-electron chi connectivity index (χ3n) is 2.63. The van der Waals surface area contributed by atoms with Crippen LogP contribution in [0.3, 0.4) is 0 Å². The van der Waals surface area contributed by atoms with Gasteiger partial charge in [0.2, 0.25) is 5.91 Å². The van der Waals surface area contributed by atoms with E-state index in [9.17, 15) is 4.79 Å². The molecule has 1 rings (SSSR count). The molecule has 0 aromatic heterocycles. The first-order valence-electron chi connectivity index (χ1n) is 4.44. The first-order valence-corrected chi connectivity index (χ1v) is 4.88. The third-order valence-corrected chi connectivity index (χ3v) is 2.83. The highest BCUT2D eigenvalue weighted by Crippen LogP contribution is 2.42. The van der Waals surface area contributed by atoms with Crippen molar-refractivity contribution in [3.63, 3.8) is 0 Å². The van der Waals surface area contributed by atoms with E-state index in [0.29, 0.717) is 5.92 Å². The van der Waals surface area contributed by atoms with Gasteiger partial charge in [-0.05, 0) is 25.7 Å². The third kappa shape index (κ3) is 1.92. The van der Waals surface area contributed by atoms with Crippen LogP contribution in [0.1, 0.15) is 33.6 Å². The van der Waals surface area contributed by atoms with E-state index in [1.54, 1.807) is 6.92 Å². The van der Waals surface area contributed by atoms with Crippen LogP contribution >= 0.6 is 11.6 Å². The van der Waals surface area contributed by atoms with Gasteiger partial charge >= 0.3 is 0 Å². The molecule has 1 atom stereocenters. The maximum atomic E-state index is 11.3. The van der Waals surface area contributed by atoms with Gasteiger partial charge in [-0.25, -0.2) is 0 Å². The molecular formula is C9H16ClNO. The molecule has 0 spiro atoms. The lowest BCUT2D eigenvalue weighted by Crippen LogP contribution is -2.43. The number of nitrogens with one attached hydrogen (secondary N) is 1. The second-order valence-corrected chi connectivity index (χ2v) is 4.57. The van der Waals surface area contributed by atoms with Crippen LogP contribution in [0.4, 0.5) is 0 Å². The Morgan fingerprint density at radius 3 is 2.17 bits per heavy atom. The van der Waals surface area contributed by atoms with Crippen molar-refractivity contribution in [2.75, 3.05) is 0 Å². The Morgan fingerprint density at radius 2 is 1.92 bits per heavy atom. The summed E-state index contributed by atoms with van der Waals surface area (Å²) in [5.74, 6) is 0.472. The van der Waals surface area contributed by atoms with Crippen LogP contribution in [0.25, 0.3) is 0 Å². The average molecular weight is 190 g/mol. The number of carbonyl (C=O) groups excluding carboxylic acids is 1. The molecule has 0 bridgehead atoms. The van der Waals surface area contributed by atoms with Gasteiger partial charge in [-0.15, -0.1) is 11.6 Å². The van der Waals surface area contributed by atoms with E-state index < -0.39 is 5.38 Å². The number of halogens is 1. The van der Waals surface area contributed by atoms with Crippen molar-refractivity contribution in [1.29, 1.82) is 0 Å². The van der Waals surface area contributed by atoms with E-state index in [-0.39, 0.29) is 11.4 Å². The predicted octanol–water partition coefficient (Wildman–Crippen LogP) is 1.92. The molecule has 0 radical (unpaired) electrons. The van der Waals surface area contributed by atoms with Gasteiger partial charge in [-0.3, -0.25) is 4.79 Å². The Balaban J connectivity index is 2.46. The number of rotatable bonds is 3. The van der Waals surface area contributed by atoms with Crippen molar-refractivity contribution in [3.05, 3.63) is 0 Å². The molecule has 0 aliphatic heterocycles. The zero-order valence-electron chi connectivity index (χ0n) is 7.86. The summed E-state index contributed by atoms with van der Waals surface area (Å²) in [5.41, 5.74) is 0.0697. The average Bonchev–Trinajstić information content (AvgIpc) is 2.68. The number of alkyl halides is 1. The van der Waals surface area contributed by atoms with E-state index in [4.69, 9.17) is 11.6 Å². The van der Waals surface area contributed by atoms with Gasteiger partial charge in [0.25, 0.3) is 0 Å². The van der Waals surface area contributed by atoms with Crippen LogP contribution in [0.2, 0.25) is 0 Å². The highest BCUT2D eigenvalue weighted by atomic mass is 35.5. The Morgan fingerprint density at radius 1 is 1.42 bits per heavy atom. The maximum Gasteiger partial charge on any atom is 0.238 e. The molecule has 1 aliphatic rings. The Kier molecular flexibility index (Phi) is 2.67. The number of hydrogen-bond acceptors (Lipinski definition) is 1. The lowest BCUT2D eigenvalue weighted by molar-refractivity contribution is -0.121. The smallest absolute Gasteiger partial charge is 0.238 e. The van der Waals surface area contributed by atoms with Crippen LogP contribution in [0, 0.1) is 5.92 Å². The summed E-state index contributed by atoms with van der Waals surface area (Å²) >= 11 is 5.65. The van der Waals surface area contributed by atoms with E-state index in [1.165, 1.54) is 0 Å². The molecule has 1 fully saturated rings. The van der Waals surface area contributed by atoms with E-state index in [1.807, 2.05) is 0 Å². The number of amides is 1. The zero-order valence-corrected chi connectivity index (χ0v) is 8.61. The minimum Gasteiger partial charge on any atom is -0.349 e. The lowest BCUT2D eigenvalue weighted by atomic mass is 10.0. The molecule has 1 aliphatic carbocycles. The Hall–Kier alpha value is -0.240. The lowest BCUT2D eigenvalue weighted by Gasteiger charge is -2.21. The van der Waals surface area contributed by atoms with Crippen molar-refractivity contribution in [3.8, 4) is 0 Å². The van der Waals surface area contributed by atoms with E-state index in [2.05, 4.69) is 19.2 Å². The van der Waals surface area contributed by atoms with Crippen molar-refractivity contribution >= 4 is 17.5 Å². The van der Waals surface area contributed by atoms with Crippen molar-refractivity contribution in [2.24, 2.45) is 5.92 Å². The standard InChI is InChI=1S/C9H16ClNO/c1-6(2)9(4-5-9)11-8(12)7(3)10/h6-7H,4-5H2,1-3H3,(H,11,12). The molecule has 0 heterocycles. The molecule has 12 heavy (non-hydrogen) atoms. The quantitative estimate of drug-likeness (QED) is 0.676. The van der Waals surface area contributed by atoms with E-state index >= 15 is 0 Å². The number of carbonyl (C=O) groups is 1. The monoisotopic (exact) mass is 189 g/mol. The molecule has 1 unspecified atom stereocenters. The first-order chi connectivity index (χ1) is 5.48. The van der Waals surface area contributed by atoms with Crippen molar-refractivity contribution in [2.45, 2.75) is 44.5 Å². The maximum absolute atomic E-state index is 11.3. The molecule has 2 nitrogen and oxygen atoms in total. The molecule has 0 aromatic carbocycles. The molecule has 0 saturated heterocycles. The normalized spacial score (nSPS) is 22.1. The van der Waals surface area contributed by atoms with Crippen LogP contribution < -0.4 is 5.32 Å². The van der Waals surface area contributed by atoms with Crippen LogP contribution in [-0.4, -0.2) is 16.8 Å². The fourth-order valence-corrected chi connectivity index (χ4v) is 1.38. The van der Waals surface area contributed by atoms with Crippen LogP contribution in [0.5, 0.6) is 0 Å². The Bertz CT molecular complexity index is 185. The second kappa shape index (κ2) is 3.25. The molecule has 70 valence electrons. The van der Waals surface area contributed by atoms with Crippen LogP contribution in [-0.2, 0) is 4.79 Å². The van der Waals surface area contributed by atoms with Gasteiger partial charge in [-0.1, -0.05) is 13.8 Å². The first kappa shape index (κ1) is 9.85. The van der Waals surface area contributed by atoms with Gasteiger partial charge < -0.3 is 5.32 Å². The summed E-state index contributed by atoms with van der Waals surface area (Å²) in [6, 6.07) is 0. The fourth-order valence-electron chi connectivity index (χ4n) is 1.33. The zero-order chi connectivity index (χ0) is 9.35. The Labute approximate surface area is 78.7 Å². The van der Waals surface area contributed by atoms with E-state index in [0.717, 1.165) is 12.8 Å². The van der Waals surface area contributed by atoms with Crippen molar-refractivity contribution < 1.29 is 4.79 Å². The van der Waals surface area contributed by atoms with Crippen LogP contribution in [0.15, 0.2) is 0 Å². The van der Waals surface area contributed by atoms with Gasteiger partial charge in [-0.2, -0.15) is 0 Å². The number of hydrogen-bond donors (Lipinski definition) is 1. The molecular weight excluding hydrogens is 174 g/mol. The van der Waals surface area contributed by atoms with Gasteiger partial charge in [0.1, 0.15) is 5.38 Å². The van der Waals surface area contributed by atoms with Gasteiger partial charge in [0.15, 0.2) is 0 Å².